The van der Waals surface area contributed by atoms with Gasteiger partial charge in [-0.15, -0.1) is 0 Å². The van der Waals surface area contributed by atoms with E-state index in [-0.39, 0.29) is 6.17 Å². The zero-order chi connectivity index (χ0) is 16.4. The van der Waals surface area contributed by atoms with Crippen LogP contribution in [0.1, 0.15) is 19.4 Å². The van der Waals surface area contributed by atoms with Crippen molar-refractivity contribution in [2.75, 3.05) is 5.32 Å². The molecule has 0 aliphatic carbocycles. The fraction of sp³-hybridized carbons (Fsp3) is 0.278. The Hall–Kier alpha value is -2.69. The second-order valence-corrected chi connectivity index (χ2v) is 6.03. The van der Waals surface area contributed by atoms with E-state index in [1.165, 1.54) is 5.56 Å². The molecule has 0 radical (unpaired) electrons. The van der Waals surface area contributed by atoms with Crippen molar-refractivity contribution in [2.24, 2.45) is 10.9 Å². The van der Waals surface area contributed by atoms with Crippen LogP contribution >= 0.6 is 0 Å². The van der Waals surface area contributed by atoms with Crippen molar-refractivity contribution in [3.05, 3.63) is 48.3 Å². The van der Waals surface area contributed by atoms with E-state index < -0.39 is 0 Å². The molecule has 1 N–H and O–H groups in total. The monoisotopic (exact) mass is 307 g/mol. The summed E-state index contributed by atoms with van der Waals surface area (Å²) in [5.41, 5.74) is 3.23. The summed E-state index contributed by atoms with van der Waals surface area (Å²) in [6, 6.07) is 10.2. The average molecular weight is 307 g/mol. The lowest BCUT2D eigenvalue weighted by atomic mass is 10.1. The summed E-state index contributed by atoms with van der Waals surface area (Å²) in [5, 5.41) is 3.28. The van der Waals surface area contributed by atoms with Crippen molar-refractivity contribution < 1.29 is 0 Å². The number of hydrogen-bond donors (Lipinski definition) is 1. The van der Waals surface area contributed by atoms with Gasteiger partial charge in [-0.1, -0.05) is 37.6 Å². The Morgan fingerprint density at radius 2 is 2.04 bits per heavy atom. The van der Waals surface area contributed by atoms with Crippen LogP contribution < -0.4 is 5.32 Å². The Morgan fingerprint density at radius 3 is 2.74 bits per heavy atom. The highest BCUT2D eigenvalue weighted by atomic mass is 15.2. The molecular formula is C18H21N5. The van der Waals surface area contributed by atoms with Gasteiger partial charge >= 0.3 is 0 Å². The molecule has 0 saturated heterocycles. The smallest absolute Gasteiger partial charge is 0.236 e. The number of aryl methyl sites for hydroxylation is 1. The second-order valence-electron chi connectivity index (χ2n) is 6.03. The van der Waals surface area contributed by atoms with E-state index in [1.807, 2.05) is 28.9 Å². The third-order valence-electron chi connectivity index (χ3n) is 3.76. The number of imidazole rings is 1. The number of anilines is 1. The van der Waals surface area contributed by atoms with E-state index >= 15 is 0 Å². The summed E-state index contributed by atoms with van der Waals surface area (Å²) in [6.45, 7) is 9.90. The van der Waals surface area contributed by atoms with Gasteiger partial charge in [-0.3, -0.25) is 9.39 Å². The molecule has 0 amide bonds. The highest BCUT2D eigenvalue weighted by Crippen LogP contribution is 2.20. The second kappa shape index (κ2) is 6.20. The molecule has 23 heavy (non-hydrogen) atoms. The molecule has 1 unspecified atom stereocenters. The van der Waals surface area contributed by atoms with E-state index in [0.29, 0.717) is 11.7 Å². The van der Waals surface area contributed by atoms with Gasteiger partial charge in [-0.05, 0) is 31.7 Å². The first-order chi connectivity index (χ1) is 11.1. The first-order valence-electron chi connectivity index (χ1n) is 7.72. The van der Waals surface area contributed by atoms with E-state index in [2.05, 4.69) is 66.0 Å². The Labute approximate surface area is 136 Å². The summed E-state index contributed by atoms with van der Waals surface area (Å²) in [5.74, 6) is 1.76. The number of nitrogens with one attached hydrogen (secondary N) is 1. The number of hydrogen-bond acceptors (Lipinski definition) is 4. The number of benzene rings is 1. The van der Waals surface area contributed by atoms with E-state index in [4.69, 9.17) is 0 Å². The van der Waals surface area contributed by atoms with Crippen LogP contribution in [0.4, 0.5) is 5.82 Å². The molecule has 0 aliphatic heterocycles. The molecule has 0 aliphatic rings. The van der Waals surface area contributed by atoms with Gasteiger partial charge in [0.25, 0.3) is 0 Å². The zero-order valence-electron chi connectivity index (χ0n) is 13.7. The molecule has 1 atom stereocenters. The fourth-order valence-corrected chi connectivity index (χ4v) is 2.47. The van der Waals surface area contributed by atoms with E-state index in [9.17, 15) is 0 Å². The molecule has 2 heterocycles. The maximum absolute atomic E-state index is 4.63. The summed E-state index contributed by atoms with van der Waals surface area (Å²) in [7, 11) is 0. The molecule has 0 fully saturated rings. The zero-order valence-corrected chi connectivity index (χ0v) is 13.7. The molecule has 5 heteroatoms. The fourth-order valence-electron chi connectivity index (χ4n) is 2.47. The Morgan fingerprint density at radius 1 is 1.22 bits per heavy atom. The molecular weight excluding hydrogens is 286 g/mol. The highest BCUT2D eigenvalue weighted by Gasteiger charge is 2.12. The molecule has 118 valence electrons. The minimum absolute atomic E-state index is 0.0591. The van der Waals surface area contributed by atoms with Crippen molar-refractivity contribution in [1.82, 2.24) is 14.4 Å². The first kappa shape index (κ1) is 15.2. The number of rotatable bonds is 5. The van der Waals surface area contributed by atoms with Crippen LogP contribution in [0.15, 0.2) is 47.7 Å². The van der Waals surface area contributed by atoms with Crippen molar-refractivity contribution in [3.8, 4) is 11.3 Å². The van der Waals surface area contributed by atoms with Gasteiger partial charge in [-0.2, -0.15) is 4.98 Å². The normalized spacial score (nSPS) is 12.5. The lowest BCUT2D eigenvalue weighted by molar-refractivity contribution is 0.543. The lowest BCUT2D eigenvalue weighted by Gasteiger charge is -2.17. The van der Waals surface area contributed by atoms with Crippen molar-refractivity contribution in [3.63, 3.8) is 0 Å². The largest absolute Gasteiger partial charge is 0.348 e. The standard InChI is InChI=1S/C18H21N5/c1-12(2)17(19-4)21-16-8-9-23-11-15(20-18(23)22-16)14-7-5-6-13(3)10-14/h5-12,17H,4H2,1-3H3,(H,20,21,22). The molecule has 3 rings (SSSR count). The topological polar surface area (TPSA) is 54.6 Å². The van der Waals surface area contributed by atoms with Crippen LogP contribution in [0.2, 0.25) is 0 Å². The van der Waals surface area contributed by atoms with Crippen molar-refractivity contribution >= 4 is 18.3 Å². The Balaban J connectivity index is 1.93. The highest BCUT2D eigenvalue weighted by molar-refractivity contribution is 5.62. The SMILES string of the molecule is C=NC(Nc1ccn2cc(-c3cccc(C)c3)nc2n1)C(C)C. The lowest BCUT2D eigenvalue weighted by Crippen LogP contribution is -2.23. The number of aliphatic imine (C=N–C) groups is 1. The number of nitrogens with zero attached hydrogens (tertiary/aromatic N) is 4. The molecule has 0 bridgehead atoms. The molecule has 0 saturated carbocycles. The van der Waals surface area contributed by atoms with Crippen molar-refractivity contribution in [1.29, 1.82) is 0 Å². The van der Waals surface area contributed by atoms with Crippen LogP contribution in [-0.2, 0) is 0 Å². The van der Waals surface area contributed by atoms with Gasteiger partial charge in [0.2, 0.25) is 5.78 Å². The molecule has 3 aromatic rings. The number of fused-ring (bicyclic) bond motifs is 1. The molecule has 2 aromatic heterocycles. The molecule has 0 spiro atoms. The van der Waals surface area contributed by atoms with E-state index in [1.54, 1.807) is 0 Å². The van der Waals surface area contributed by atoms with Crippen LogP contribution in [0.5, 0.6) is 0 Å². The van der Waals surface area contributed by atoms with Gasteiger partial charge in [0.15, 0.2) is 0 Å². The Bertz CT molecular complexity index is 834. The number of aromatic nitrogens is 3. The summed E-state index contributed by atoms with van der Waals surface area (Å²) < 4.78 is 1.93. The summed E-state index contributed by atoms with van der Waals surface area (Å²) in [6.07, 6.45) is 3.89. The maximum atomic E-state index is 4.63. The third-order valence-corrected chi connectivity index (χ3v) is 3.76. The van der Waals surface area contributed by atoms with Crippen LogP contribution in [0, 0.1) is 12.8 Å². The minimum atomic E-state index is -0.0591. The average Bonchev–Trinajstić information content (AvgIpc) is 2.95. The predicted molar refractivity (Wildman–Crippen MR) is 95.0 cm³/mol. The third kappa shape index (κ3) is 3.23. The summed E-state index contributed by atoms with van der Waals surface area (Å²) >= 11 is 0. The minimum Gasteiger partial charge on any atom is -0.348 e. The summed E-state index contributed by atoms with van der Waals surface area (Å²) in [4.78, 5) is 13.3. The molecule has 1 aromatic carbocycles. The predicted octanol–water partition coefficient (Wildman–Crippen LogP) is 3.80. The quantitative estimate of drug-likeness (QED) is 0.729. The first-order valence-corrected chi connectivity index (χ1v) is 7.72. The maximum Gasteiger partial charge on any atom is 0.236 e. The van der Waals surface area contributed by atoms with Crippen LogP contribution in [-0.4, -0.2) is 27.3 Å². The van der Waals surface area contributed by atoms with Gasteiger partial charge in [0.05, 0.1) is 5.69 Å². The van der Waals surface area contributed by atoms with Crippen LogP contribution in [0.3, 0.4) is 0 Å². The molecule has 5 nitrogen and oxygen atoms in total. The Kier molecular flexibility index (Phi) is 4.10. The van der Waals surface area contributed by atoms with Gasteiger partial charge < -0.3 is 5.32 Å². The van der Waals surface area contributed by atoms with E-state index in [0.717, 1.165) is 17.1 Å². The van der Waals surface area contributed by atoms with Crippen LogP contribution in [0.25, 0.3) is 17.0 Å². The van der Waals surface area contributed by atoms with Gasteiger partial charge in [-0.25, -0.2) is 4.98 Å². The van der Waals surface area contributed by atoms with Crippen molar-refractivity contribution in [2.45, 2.75) is 26.9 Å². The van der Waals surface area contributed by atoms with Gasteiger partial charge in [0.1, 0.15) is 12.0 Å². The van der Waals surface area contributed by atoms with Gasteiger partial charge in [0, 0.05) is 18.0 Å².